The average Bonchev–Trinajstić information content (AvgIpc) is 2.57. The van der Waals surface area contributed by atoms with Gasteiger partial charge in [-0.15, -0.1) is 0 Å². The molecule has 1 aromatic rings. The number of rotatable bonds is 8. The SMILES string of the molecule is CC(=O)/C(=C/Cc1ccc(C)cc1)CC/C=C/C12CC(NC(=O)OC(C)(C)C)(C1)C2. The van der Waals surface area contributed by atoms with E-state index in [1.54, 1.807) is 6.92 Å². The molecule has 0 spiro atoms. The lowest BCUT2D eigenvalue weighted by molar-refractivity contribution is -0.115. The Balaban J connectivity index is 1.43. The fourth-order valence-corrected chi connectivity index (χ4v) is 4.66. The highest BCUT2D eigenvalue weighted by Crippen LogP contribution is 2.68. The Bertz CT molecular complexity index is 835. The minimum absolute atomic E-state index is 0.0643. The predicted molar refractivity (Wildman–Crippen MR) is 120 cm³/mol. The molecule has 0 radical (unpaired) electrons. The van der Waals surface area contributed by atoms with Crippen LogP contribution < -0.4 is 5.32 Å². The van der Waals surface area contributed by atoms with Crippen LogP contribution in [0.3, 0.4) is 0 Å². The Morgan fingerprint density at radius 3 is 2.33 bits per heavy atom. The number of ketones is 1. The Kier molecular flexibility index (Phi) is 6.26. The number of carbonyl (C=O) groups excluding carboxylic acids is 2. The topological polar surface area (TPSA) is 55.4 Å². The summed E-state index contributed by atoms with van der Waals surface area (Å²) in [5, 5.41) is 3.05. The van der Waals surface area contributed by atoms with Crippen LogP contribution in [0, 0.1) is 12.3 Å². The van der Waals surface area contributed by atoms with Crippen LogP contribution in [0.15, 0.2) is 48.1 Å². The number of benzene rings is 1. The molecule has 4 rings (SSSR count). The van der Waals surface area contributed by atoms with Crippen molar-refractivity contribution in [2.24, 2.45) is 5.41 Å². The Labute approximate surface area is 180 Å². The van der Waals surface area contributed by atoms with Crippen molar-refractivity contribution < 1.29 is 14.3 Å². The molecule has 3 aliphatic carbocycles. The summed E-state index contributed by atoms with van der Waals surface area (Å²) in [7, 11) is 0. The molecule has 3 saturated carbocycles. The first-order chi connectivity index (χ1) is 14.0. The number of aryl methyl sites for hydroxylation is 1. The van der Waals surface area contributed by atoms with Gasteiger partial charge in [0.25, 0.3) is 0 Å². The summed E-state index contributed by atoms with van der Waals surface area (Å²) in [6.45, 7) is 9.36. The van der Waals surface area contributed by atoms with Crippen LogP contribution >= 0.6 is 0 Å². The molecule has 3 fully saturated rings. The van der Waals surface area contributed by atoms with Crippen molar-refractivity contribution in [3.63, 3.8) is 0 Å². The largest absolute Gasteiger partial charge is 0.444 e. The van der Waals surface area contributed by atoms with E-state index in [9.17, 15) is 9.59 Å². The fraction of sp³-hybridized carbons (Fsp3) is 0.538. The molecule has 4 heteroatoms. The van der Waals surface area contributed by atoms with Gasteiger partial charge in [0.2, 0.25) is 0 Å². The van der Waals surface area contributed by atoms with Gasteiger partial charge in [0.15, 0.2) is 5.78 Å². The van der Waals surface area contributed by atoms with Crippen molar-refractivity contribution in [1.82, 2.24) is 5.32 Å². The number of nitrogens with one attached hydrogen (secondary N) is 1. The van der Waals surface area contributed by atoms with Gasteiger partial charge in [-0.25, -0.2) is 4.79 Å². The maximum atomic E-state index is 12.0. The summed E-state index contributed by atoms with van der Waals surface area (Å²) in [6.07, 6.45) is 11.6. The smallest absolute Gasteiger partial charge is 0.408 e. The van der Waals surface area contributed by atoms with E-state index in [4.69, 9.17) is 4.74 Å². The third kappa shape index (κ3) is 5.62. The summed E-state index contributed by atoms with van der Waals surface area (Å²) in [5.74, 6) is 0.154. The second-order valence-corrected chi connectivity index (χ2v) is 10.2. The maximum absolute atomic E-state index is 12.0. The molecule has 3 aliphatic rings. The van der Waals surface area contributed by atoms with E-state index in [1.807, 2.05) is 20.8 Å². The van der Waals surface area contributed by atoms with E-state index in [0.29, 0.717) is 0 Å². The third-order valence-electron chi connectivity index (χ3n) is 6.05. The van der Waals surface area contributed by atoms with Gasteiger partial charge in [-0.05, 0) is 89.7 Å². The van der Waals surface area contributed by atoms with E-state index >= 15 is 0 Å². The Morgan fingerprint density at radius 2 is 1.77 bits per heavy atom. The van der Waals surface area contributed by atoms with Crippen molar-refractivity contribution in [2.45, 2.75) is 84.3 Å². The van der Waals surface area contributed by atoms with Crippen molar-refractivity contribution in [2.75, 3.05) is 0 Å². The summed E-state index contributed by atoms with van der Waals surface area (Å²) in [5.41, 5.74) is 3.08. The number of Topliss-reactive ketones (excluding diaryl/α,β-unsaturated/α-hetero) is 1. The van der Waals surface area contributed by atoms with Gasteiger partial charge >= 0.3 is 6.09 Å². The summed E-state index contributed by atoms with van der Waals surface area (Å²) >= 11 is 0. The first-order valence-electron chi connectivity index (χ1n) is 10.9. The Hall–Kier alpha value is -2.36. The molecule has 0 unspecified atom stereocenters. The van der Waals surface area contributed by atoms with Crippen LogP contribution in [0.5, 0.6) is 0 Å². The molecular formula is C26H35NO3. The van der Waals surface area contributed by atoms with Gasteiger partial charge in [0, 0.05) is 5.54 Å². The maximum Gasteiger partial charge on any atom is 0.408 e. The van der Waals surface area contributed by atoms with Crippen LogP contribution in [0.2, 0.25) is 0 Å². The second-order valence-electron chi connectivity index (χ2n) is 10.2. The second kappa shape index (κ2) is 8.41. The number of amides is 1. The third-order valence-corrected chi connectivity index (χ3v) is 6.05. The minimum atomic E-state index is -0.466. The quantitative estimate of drug-likeness (QED) is 0.434. The number of hydrogen-bond donors (Lipinski definition) is 1. The average molecular weight is 410 g/mol. The van der Waals surface area contributed by atoms with Crippen molar-refractivity contribution in [1.29, 1.82) is 0 Å². The number of ether oxygens (including phenoxy) is 1. The highest BCUT2D eigenvalue weighted by molar-refractivity contribution is 5.93. The Morgan fingerprint density at radius 1 is 1.13 bits per heavy atom. The predicted octanol–water partition coefficient (Wildman–Crippen LogP) is 5.84. The fourth-order valence-electron chi connectivity index (χ4n) is 4.66. The molecular weight excluding hydrogens is 374 g/mol. The molecule has 1 aromatic carbocycles. The molecule has 1 N–H and O–H groups in total. The lowest BCUT2D eigenvalue weighted by atomic mass is 9.39. The standard InChI is InChI=1S/C26H35NO3/c1-19-9-11-21(12-10-19)13-14-22(20(2)28)8-6-7-15-25-16-26(17-25,18-25)27-23(29)30-24(3,4)5/h7,9-12,14-15H,6,8,13,16-18H2,1-5H3,(H,27,29)/b15-7+,22-14+. The van der Waals surface area contributed by atoms with Gasteiger partial charge in [-0.3, -0.25) is 4.79 Å². The minimum Gasteiger partial charge on any atom is -0.444 e. The molecule has 0 atom stereocenters. The van der Waals surface area contributed by atoms with E-state index in [-0.39, 0.29) is 22.8 Å². The summed E-state index contributed by atoms with van der Waals surface area (Å²) in [6, 6.07) is 8.45. The van der Waals surface area contributed by atoms with Crippen LogP contribution in [0.1, 0.15) is 70.9 Å². The number of hydrogen-bond acceptors (Lipinski definition) is 3. The van der Waals surface area contributed by atoms with E-state index in [2.05, 4.69) is 54.7 Å². The normalized spacial score (nSPS) is 25.4. The monoisotopic (exact) mass is 409 g/mol. The first kappa shape index (κ1) is 22.3. The van der Waals surface area contributed by atoms with Crippen LogP contribution in [0.4, 0.5) is 4.79 Å². The molecule has 4 nitrogen and oxygen atoms in total. The molecule has 30 heavy (non-hydrogen) atoms. The molecule has 1 amide bonds. The van der Waals surface area contributed by atoms with E-state index < -0.39 is 5.60 Å². The molecule has 0 heterocycles. The molecule has 0 saturated heterocycles. The van der Waals surface area contributed by atoms with Crippen LogP contribution in [-0.4, -0.2) is 23.0 Å². The molecule has 0 aromatic heterocycles. The van der Waals surface area contributed by atoms with Crippen LogP contribution in [0.25, 0.3) is 0 Å². The van der Waals surface area contributed by atoms with E-state index in [0.717, 1.165) is 44.1 Å². The molecule has 162 valence electrons. The molecule has 2 bridgehead atoms. The van der Waals surface area contributed by atoms with Gasteiger partial charge in [0.05, 0.1) is 0 Å². The highest BCUT2D eigenvalue weighted by Gasteiger charge is 2.67. The van der Waals surface area contributed by atoms with Gasteiger partial charge in [0.1, 0.15) is 5.60 Å². The van der Waals surface area contributed by atoms with Crippen LogP contribution in [-0.2, 0) is 16.0 Å². The zero-order valence-corrected chi connectivity index (χ0v) is 19.0. The highest BCUT2D eigenvalue weighted by atomic mass is 16.6. The molecule has 0 aliphatic heterocycles. The van der Waals surface area contributed by atoms with Gasteiger partial charge in [-0.1, -0.05) is 48.1 Å². The summed E-state index contributed by atoms with van der Waals surface area (Å²) < 4.78 is 5.37. The number of alkyl carbamates (subject to hydrolysis) is 1. The van der Waals surface area contributed by atoms with Crippen molar-refractivity contribution in [3.8, 4) is 0 Å². The first-order valence-corrected chi connectivity index (χ1v) is 10.9. The van der Waals surface area contributed by atoms with E-state index in [1.165, 1.54) is 11.1 Å². The zero-order valence-electron chi connectivity index (χ0n) is 19.0. The van der Waals surface area contributed by atoms with Crippen molar-refractivity contribution >= 4 is 11.9 Å². The number of allylic oxidation sites excluding steroid dienone is 4. The lowest BCUT2D eigenvalue weighted by Gasteiger charge is -2.69. The lowest BCUT2D eigenvalue weighted by Crippen LogP contribution is -2.74. The summed E-state index contributed by atoms with van der Waals surface area (Å²) in [4.78, 5) is 24.0. The zero-order chi connectivity index (χ0) is 22.0. The van der Waals surface area contributed by atoms with Gasteiger partial charge in [-0.2, -0.15) is 0 Å². The number of carbonyl (C=O) groups is 2. The van der Waals surface area contributed by atoms with Crippen molar-refractivity contribution in [3.05, 3.63) is 59.2 Å². The van der Waals surface area contributed by atoms with Gasteiger partial charge < -0.3 is 10.1 Å².